The molecule has 0 amide bonds. The molecule has 1 aliphatic heterocycles. The van der Waals surface area contributed by atoms with Gasteiger partial charge in [-0.3, -0.25) is 0 Å². The van der Waals surface area contributed by atoms with Gasteiger partial charge in [0.15, 0.2) is 5.84 Å². The number of piperidine rings is 1. The van der Waals surface area contributed by atoms with Gasteiger partial charge in [-0.2, -0.15) is 0 Å². The van der Waals surface area contributed by atoms with Gasteiger partial charge in [0.1, 0.15) is 5.82 Å². The minimum absolute atomic E-state index is 0.104. The number of hydrogen-bond donors (Lipinski definition) is 2. The Morgan fingerprint density at radius 3 is 2.70 bits per heavy atom. The first-order valence-corrected chi connectivity index (χ1v) is 6.90. The lowest BCUT2D eigenvalue weighted by atomic mass is 10.0. The highest BCUT2D eigenvalue weighted by atomic mass is 16.4. The monoisotopic (exact) mass is 277 g/mol. The number of oxime groups is 1. The van der Waals surface area contributed by atoms with Gasteiger partial charge in [0.2, 0.25) is 0 Å². The summed E-state index contributed by atoms with van der Waals surface area (Å²) in [7, 11) is 4.18. The van der Waals surface area contributed by atoms with E-state index in [4.69, 9.17) is 10.9 Å². The molecule has 0 atom stereocenters. The van der Waals surface area contributed by atoms with Crippen LogP contribution in [0.2, 0.25) is 0 Å². The van der Waals surface area contributed by atoms with Crippen LogP contribution in [0.4, 0.5) is 5.82 Å². The highest BCUT2D eigenvalue weighted by Gasteiger charge is 2.24. The van der Waals surface area contributed by atoms with Gasteiger partial charge < -0.3 is 20.7 Å². The Kier molecular flexibility index (Phi) is 4.44. The fourth-order valence-electron chi connectivity index (χ4n) is 2.62. The van der Waals surface area contributed by atoms with Crippen LogP contribution in [0, 0.1) is 6.92 Å². The van der Waals surface area contributed by atoms with Crippen LogP contribution in [-0.2, 0) is 0 Å². The van der Waals surface area contributed by atoms with E-state index in [0.29, 0.717) is 11.6 Å². The van der Waals surface area contributed by atoms with E-state index in [1.54, 1.807) is 0 Å². The Morgan fingerprint density at radius 1 is 1.45 bits per heavy atom. The molecule has 0 bridgehead atoms. The number of likely N-dealkylation sites (tertiary alicyclic amines) is 1. The molecule has 0 spiro atoms. The first-order chi connectivity index (χ1) is 9.52. The van der Waals surface area contributed by atoms with Crippen molar-refractivity contribution in [1.29, 1.82) is 0 Å². The van der Waals surface area contributed by atoms with E-state index in [1.807, 2.05) is 26.1 Å². The average molecular weight is 277 g/mol. The Balaban J connectivity index is 2.28. The molecule has 1 aliphatic rings. The lowest BCUT2D eigenvalue weighted by molar-refractivity contribution is 0.252. The molecule has 1 aromatic rings. The van der Waals surface area contributed by atoms with Crippen molar-refractivity contribution in [2.75, 3.05) is 32.1 Å². The van der Waals surface area contributed by atoms with Gasteiger partial charge in [0.25, 0.3) is 0 Å². The number of nitrogens with zero attached hydrogens (tertiary/aromatic N) is 4. The fourth-order valence-corrected chi connectivity index (χ4v) is 2.62. The number of pyridine rings is 1. The van der Waals surface area contributed by atoms with Crippen LogP contribution in [0.1, 0.15) is 24.1 Å². The van der Waals surface area contributed by atoms with Crippen molar-refractivity contribution in [3.63, 3.8) is 0 Å². The quantitative estimate of drug-likeness (QED) is 0.373. The third-order valence-corrected chi connectivity index (χ3v) is 3.97. The Hall–Kier alpha value is -1.82. The molecule has 3 N–H and O–H groups in total. The van der Waals surface area contributed by atoms with Gasteiger partial charge in [0, 0.05) is 18.8 Å². The van der Waals surface area contributed by atoms with E-state index in [0.717, 1.165) is 37.4 Å². The second-order valence-corrected chi connectivity index (χ2v) is 5.45. The normalized spacial score (nSPS) is 18.2. The van der Waals surface area contributed by atoms with Gasteiger partial charge in [-0.15, -0.1) is 0 Å². The summed E-state index contributed by atoms with van der Waals surface area (Å²) in [4.78, 5) is 9.07. The number of anilines is 1. The summed E-state index contributed by atoms with van der Waals surface area (Å²) in [6.45, 7) is 4.11. The summed E-state index contributed by atoms with van der Waals surface area (Å²) in [5, 5.41) is 12.0. The van der Waals surface area contributed by atoms with Crippen molar-refractivity contribution in [2.45, 2.75) is 25.8 Å². The summed E-state index contributed by atoms with van der Waals surface area (Å²) in [6.07, 6.45) is 2.19. The summed E-state index contributed by atoms with van der Waals surface area (Å²) in [5.74, 6) is 0.891. The average Bonchev–Trinajstić information content (AvgIpc) is 2.46. The molecule has 2 rings (SSSR count). The summed E-state index contributed by atoms with van der Waals surface area (Å²) >= 11 is 0. The predicted octanol–water partition coefficient (Wildman–Crippen LogP) is 1.01. The van der Waals surface area contributed by atoms with Crippen molar-refractivity contribution in [1.82, 2.24) is 9.88 Å². The number of amidine groups is 1. The van der Waals surface area contributed by atoms with E-state index in [1.165, 1.54) is 0 Å². The predicted molar refractivity (Wildman–Crippen MR) is 80.4 cm³/mol. The maximum atomic E-state index is 8.92. The molecular weight excluding hydrogens is 254 g/mol. The van der Waals surface area contributed by atoms with Crippen molar-refractivity contribution >= 4 is 11.7 Å². The van der Waals surface area contributed by atoms with Gasteiger partial charge in [0.05, 0.1) is 5.56 Å². The lowest BCUT2D eigenvalue weighted by Crippen LogP contribution is -2.43. The maximum absolute atomic E-state index is 8.92. The lowest BCUT2D eigenvalue weighted by Gasteiger charge is -2.36. The number of aryl methyl sites for hydroxylation is 1. The minimum Gasteiger partial charge on any atom is -0.409 e. The molecule has 1 saturated heterocycles. The first-order valence-electron chi connectivity index (χ1n) is 6.90. The summed E-state index contributed by atoms with van der Waals surface area (Å²) < 4.78 is 0. The zero-order valence-electron chi connectivity index (χ0n) is 12.4. The molecule has 1 aromatic heterocycles. The number of nitrogens with two attached hydrogens (primary N) is 1. The molecule has 0 aliphatic carbocycles. The molecule has 0 radical (unpaired) electrons. The Bertz CT molecular complexity index is 494. The van der Waals surface area contributed by atoms with Crippen molar-refractivity contribution in [3.05, 3.63) is 23.4 Å². The van der Waals surface area contributed by atoms with E-state index < -0.39 is 0 Å². The molecule has 0 saturated carbocycles. The second kappa shape index (κ2) is 6.09. The molecule has 6 nitrogen and oxygen atoms in total. The van der Waals surface area contributed by atoms with Gasteiger partial charge in [-0.25, -0.2) is 4.98 Å². The van der Waals surface area contributed by atoms with Crippen molar-refractivity contribution < 1.29 is 5.21 Å². The van der Waals surface area contributed by atoms with Crippen molar-refractivity contribution in [2.24, 2.45) is 10.9 Å². The smallest absolute Gasteiger partial charge is 0.173 e. The van der Waals surface area contributed by atoms with Gasteiger partial charge in [-0.1, -0.05) is 5.16 Å². The molecule has 20 heavy (non-hydrogen) atoms. The van der Waals surface area contributed by atoms with Gasteiger partial charge >= 0.3 is 0 Å². The summed E-state index contributed by atoms with van der Waals surface area (Å²) in [5.41, 5.74) is 7.37. The second-order valence-electron chi connectivity index (χ2n) is 5.45. The zero-order chi connectivity index (χ0) is 14.7. The molecule has 110 valence electrons. The van der Waals surface area contributed by atoms with E-state index in [-0.39, 0.29) is 5.84 Å². The van der Waals surface area contributed by atoms with Crippen LogP contribution in [0.15, 0.2) is 17.3 Å². The maximum Gasteiger partial charge on any atom is 0.173 e. The topological polar surface area (TPSA) is 78.0 Å². The highest BCUT2D eigenvalue weighted by Crippen LogP contribution is 2.23. The number of aromatic nitrogens is 1. The molecule has 6 heteroatoms. The standard InChI is InChI=1S/C14H23N5O/c1-10-4-5-12(13(15)17-20)14(16-10)19(3)11-6-8-18(2)9-7-11/h4-5,11,20H,6-9H2,1-3H3,(H2,15,17). The minimum atomic E-state index is 0.104. The largest absolute Gasteiger partial charge is 0.409 e. The molecule has 0 unspecified atom stereocenters. The zero-order valence-corrected chi connectivity index (χ0v) is 12.4. The number of hydrogen-bond acceptors (Lipinski definition) is 5. The van der Waals surface area contributed by atoms with Crippen LogP contribution in [0.3, 0.4) is 0 Å². The molecule has 1 fully saturated rings. The summed E-state index contributed by atoms with van der Waals surface area (Å²) in [6, 6.07) is 4.17. The van der Waals surface area contributed by atoms with Crippen LogP contribution in [0.5, 0.6) is 0 Å². The fraction of sp³-hybridized carbons (Fsp3) is 0.571. The molecular formula is C14H23N5O. The van der Waals surface area contributed by atoms with Crippen LogP contribution >= 0.6 is 0 Å². The van der Waals surface area contributed by atoms with Crippen molar-refractivity contribution in [3.8, 4) is 0 Å². The Labute approximate surface area is 119 Å². The SMILES string of the molecule is Cc1ccc(C(N)=NO)c(N(C)C2CCN(C)CC2)n1. The molecule has 0 aromatic carbocycles. The van der Waals surface area contributed by atoms with Crippen LogP contribution in [0.25, 0.3) is 0 Å². The van der Waals surface area contributed by atoms with E-state index >= 15 is 0 Å². The van der Waals surface area contributed by atoms with Crippen LogP contribution < -0.4 is 10.6 Å². The third-order valence-electron chi connectivity index (χ3n) is 3.97. The van der Waals surface area contributed by atoms with E-state index in [9.17, 15) is 0 Å². The first kappa shape index (κ1) is 14.6. The molecule has 2 heterocycles. The number of rotatable bonds is 3. The third kappa shape index (κ3) is 3.01. The highest BCUT2D eigenvalue weighted by molar-refractivity contribution is 6.01. The van der Waals surface area contributed by atoms with E-state index in [2.05, 4.69) is 27.0 Å². The van der Waals surface area contributed by atoms with Crippen LogP contribution in [-0.4, -0.2) is 54.2 Å². The van der Waals surface area contributed by atoms with Gasteiger partial charge in [-0.05, 0) is 52.0 Å². The Morgan fingerprint density at radius 2 is 2.10 bits per heavy atom.